The number of aryl methyl sites for hydroxylation is 1. The zero-order chi connectivity index (χ0) is 20.2. The van der Waals surface area contributed by atoms with Crippen molar-refractivity contribution >= 4 is 33.6 Å². The van der Waals surface area contributed by atoms with Crippen LogP contribution in [-0.2, 0) is 7.05 Å². The zero-order valence-corrected chi connectivity index (χ0v) is 15.4. The third-order valence-electron chi connectivity index (χ3n) is 5.15. The van der Waals surface area contributed by atoms with Gasteiger partial charge in [-0.1, -0.05) is 0 Å². The number of hydrogen-bond acceptors (Lipinski definition) is 5. The first-order chi connectivity index (χ1) is 13.3. The van der Waals surface area contributed by atoms with Crippen molar-refractivity contribution in [3.8, 4) is 0 Å². The van der Waals surface area contributed by atoms with E-state index in [2.05, 4.69) is 9.88 Å². The highest BCUT2D eigenvalue weighted by Crippen LogP contribution is 2.31. The number of anilines is 1. The monoisotopic (exact) mass is 388 g/mol. The number of pyridine rings is 2. The summed E-state index contributed by atoms with van der Waals surface area (Å²) in [4.78, 5) is 31.7. The fraction of sp³-hybridized carbons (Fsp3) is 0.316. The Bertz CT molecular complexity index is 1180. The van der Waals surface area contributed by atoms with Crippen molar-refractivity contribution in [3.63, 3.8) is 0 Å². The molecule has 28 heavy (non-hydrogen) atoms. The van der Waals surface area contributed by atoms with E-state index in [0.717, 1.165) is 12.3 Å². The number of aromatic carboxylic acids is 1. The van der Waals surface area contributed by atoms with Crippen LogP contribution >= 0.6 is 0 Å². The van der Waals surface area contributed by atoms with Gasteiger partial charge < -0.3 is 19.5 Å². The summed E-state index contributed by atoms with van der Waals surface area (Å²) in [6.45, 7) is 2.36. The van der Waals surface area contributed by atoms with Gasteiger partial charge in [-0.15, -0.1) is 0 Å². The highest BCUT2D eigenvalue weighted by Gasteiger charge is 2.24. The number of hydrogen-bond donors (Lipinski definition) is 1. The standard InChI is InChI=1S/C19H18F2N4O3/c1-23-3-5-25(6-4-23)16-13(20)8-10-7-11-17(26)12(19(27)28)9-24(2)18(11)22-15(10)14(16)21/h7-9H,3-6H2,1-2H3,(H,27,28). The second-order valence-corrected chi connectivity index (χ2v) is 7.03. The van der Waals surface area contributed by atoms with Gasteiger partial charge in [0.2, 0.25) is 5.43 Å². The van der Waals surface area contributed by atoms with Crippen LogP contribution in [0.4, 0.5) is 14.5 Å². The van der Waals surface area contributed by atoms with Crippen LogP contribution < -0.4 is 10.3 Å². The van der Waals surface area contributed by atoms with Gasteiger partial charge >= 0.3 is 5.97 Å². The molecule has 0 bridgehead atoms. The summed E-state index contributed by atoms with van der Waals surface area (Å²) < 4.78 is 31.3. The first-order valence-electron chi connectivity index (χ1n) is 8.77. The average Bonchev–Trinajstić information content (AvgIpc) is 2.65. The first-order valence-corrected chi connectivity index (χ1v) is 8.77. The third-order valence-corrected chi connectivity index (χ3v) is 5.15. The van der Waals surface area contributed by atoms with Crippen molar-refractivity contribution in [2.24, 2.45) is 7.05 Å². The molecule has 0 spiro atoms. The Morgan fingerprint density at radius 2 is 1.82 bits per heavy atom. The Morgan fingerprint density at radius 1 is 1.14 bits per heavy atom. The van der Waals surface area contributed by atoms with Crippen molar-refractivity contribution in [2.75, 3.05) is 38.1 Å². The van der Waals surface area contributed by atoms with Gasteiger partial charge in [0.15, 0.2) is 5.82 Å². The molecule has 1 N–H and O–H groups in total. The molecule has 1 aromatic carbocycles. The van der Waals surface area contributed by atoms with Crippen molar-refractivity contribution in [1.29, 1.82) is 0 Å². The van der Waals surface area contributed by atoms with Gasteiger partial charge in [-0.3, -0.25) is 4.79 Å². The van der Waals surface area contributed by atoms with Crippen molar-refractivity contribution in [2.45, 2.75) is 0 Å². The van der Waals surface area contributed by atoms with Gasteiger partial charge in [-0.05, 0) is 19.2 Å². The van der Waals surface area contributed by atoms with Crippen LogP contribution in [0.15, 0.2) is 23.1 Å². The number of carbonyl (C=O) groups is 1. The quantitative estimate of drug-likeness (QED) is 0.675. The lowest BCUT2D eigenvalue weighted by Crippen LogP contribution is -2.45. The molecule has 146 valence electrons. The number of carboxylic acids is 1. The lowest BCUT2D eigenvalue weighted by Gasteiger charge is -2.34. The molecule has 0 atom stereocenters. The van der Waals surface area contributed by atoms with Crippen LogP contribution in [-0.4, -0.2) is 58.8 Å². The molecule has 7 nitrogen and oxygen atoms in total. The third kappa shape index (κ3) is 2.78. The number of rotatable bonds is 2. The molecule has 4 rings (SSSR count). The average molecular weight is 388 g/mol. The van der Waals surface area contributed by atoms with Crippen LogP contribution in [0.2, 0.25) is 0 Å². The van der Waals surface area contributed by atoms with Gasteiger partial charge in [-0.25, -0.2) is 18.6 Å². The predicted molar refractivity (Wildman–Crippen MR) is 101 cm³/mol. The Balaban J connectivity index is 1.97. The highest BCUT2D eigenvalue weighted by molar-refractivity contribution is 5.97. The molecule has 0 unspecified atom stereocenters. The molecular formula is C19H18F2N4O3. The van der Waals surface area contributed by atoms with E-state index < -0.39 is 28.6 Å². The summed E-state index contributed by atoms with van der Waals surface area (Å²) in [6, 6.07) is 2.44. The summed E-state index contributed by atoms with van der Waals surface area (Å²) >= 11 is 0. The van der Waals surface area contributed by atoms with E-state index >= 15 is 4.39 Å². The van der Waals surface area contributed by atoms with Crippen molar-refractivity contribution in [1.82, 2.24) is 14.5 Å². The fourth-order valence-corrected chi connectivity index (χ4v) is 3.59. The molecule has 1 fully saturated rings. The van der Waals surface area contributed by atoms with Crippen LogP contribution in [0.25, 0.3) is 21.9 Å². The minimum absolute atomic E-state index is 0.000970. The van der Waals surface area contributed by atoms with E-state index in [4.69, 9.17) is 0 Å². The number of halogens is 2. The molecule has 1 aliphatic rings. The minimum Gasteiger partial charge on any atom is -0.477 e. The zero-order valence-electron chi connectivity index (χ0n) is 15.4. The maximum Gasteiger partial charge on any atom is 0.341 e. The van der Waals surface area contributed by atoms with Crippen LogP contribution in [0.5, 0.6) is 0 Å². The van der Waals surface area contributed by atoms with Crippen LogP contribution in [0, 0.1) is 11.6 Å². The lowest BCUT2D eigenvalue weighted by molar-refractivity contribution is 0.0695. The van der Waals surface area contributed by atoms with E-state index in [0.29, 0.717) is 26.2 Å². The molecule has 0 saturated carbocycles. The second-order valence-electron chi connectivity index (χ2n) is 7.03. The van der Waals surface area contributed by atoms with E-state index in [-0.39, 0.29) is 27.6 Å². The summed E-state index contributed by atoms with van der Waals surface area (Å²) in [5.74, 6) is -2.89. The smallest absolute Gasteiger partial charge is 0.341 e. The van der Waals surface area contributed by atoms with Crippen LogP contribution in [0.3, 0.4) is 0 Å². The summed E-state index contributed by atoms with van der Waals surface area (Å²) in [7, 11) is 3.47. The minimum atomic E-state index is -1.37. The number of fused-ring (bicyclic) bond motifs is 2. The van der Waals surface area contributed by atoms with E-state index in [1.807, 2.05) is 7.05 Å². The van der Waals surface area contributed by atoms with Crippen molar-refractivity contribution < 1.29 is 18.7 Å². The number of benzene rings is 1. The molecule has 1 aliphatic heterocycles. The van der Waals surface area contributed by atoms with E-state index in [1.165, 1.54) is 17.7 Å². The van der Waals surface area contributed by atoms with Gasteiger partial charge in [0.25, 0.3) is 0 Å². The van der Waals surface area contributed by atoms with Crippen molar-refractivity contribution in [3.05, 3.63) is 45.8 Å². The Kier molecular flexibility index (Phi) is 4.26. The summed E-state index contributed by atoms with van der Waals surface area (Å²) in [6.07, 6.45) is 1.15. The van der Waals surface area contributed by atoms with Gasteiger partial charge in [0.05, 0.1) is 5.39 Å². The van der Waals surface area contributed by atoms with Gasteiger partial charge in [-0.2, -0.15) is 0 Å². The number of piperazine rings is 1. The molecule has 3 aromatic rings. The topological polar surface area (TPSA) is 78.7 Å². The number of carboxylic acid groups (broad SMARTS) is 1. The number of likely N-dealkylation sites (N-methyl/N-ethyl adjacent to an activating group) is 1. The first kappa shape index (κ1) is 18.3. The lowest BCUT2D eigenvalue weighted by atomic mass is 10.1. The van der Waals surface area contributed by atoms with E-state index in [1.54, 1.807) is 4.90 Å². The SMILES string of the molecule is CN1CCN(c2c(F)cc3cc4c(=O)c(C(=O)O)cn(C)c4nc3c2F)CC1. The second kappa shape index (κ2) is 6.52. The molecule has 2 aromatic heterocycles. The molecule has 9 heteroatoms. The predicted octanol–water partition coefficient (Wildman–Crippen LogP) is 1.81. The number of aromatic nitrogens is 2. The molecule has 3 heterocycles. The number of nitrogens with zero attached hydrogens (tertiary/aromatic N) is 4. The molecule has 0 aliphatic carbocycles. The molecular weight excluding hydrogens is 370 g/mol. The Hall–Kier alpha value is -3.07. The largest absolute Gasteiger partial charge is 0.477 e. The van der Waals surface area contributed by atoms with E-state index in [9.17, 15) is 19.1 Å². The fourth-order valence-electron chi connectivity index (χ4n) is 3.59. The van der Waals surface area contributed by atoms with Crippen LogP contribution in [0.1, 0.15) is 10.4 Å². The molecule has 0 amide bonds. The summed E-state index contributed by atoms with van der Waals surface area (Å²) in [5.41, 5.74) is -1.21. The van der Waals surface area contributed by atoms with Gasteiger partial charge in [0.1, 0.15) is 28.2 Å². The Morgan fingerprint density at radius 3 is 2.46 bits per heavy atom. The molecule has 0 radical (unpaired) electrons. The maximum atomic E-state index is 15.2. The summed E-state index contributed by atoms with van der Waals surface area (Å²) in [5, 5.41) is 9.30. The highest BCUT2D eigenvalue weighted by atomic mass is 19.1. The van der Waals surface area contributed by atoms with Gasteiger partial charge in [0, 0.05) is 44.8 Å². The Labute approximate surface area is 158 Å². The normalized spacial score (nSPS) is 15.5. The molecule has 1 saturated heterocycles. The maximum absolute atomic E-state index is 15.2.